The van der Waals surface area contributed by atoms with Crippen LogP contribution in [0.25, 0.3) is 16.9 Å². The fourth-order valence-electron chi connectivity index (χ4n) is 4.34. The van der Waals surface area contributed by atoms with E-state index in [1.54, 1.807) is 6.20 Å². The van der Waals surface area contributed by atoms with Crippen molar-refractivity contribution < 1.29 is 9.47 Å². The standard InChI is InChI=1S/C25H26N6O2/c1-6-23-19(16-26-8-12-33-23)15-18(1)22-17-31-9-7-27-25(31)24(29-22)28-20-2-4-21(5-3-20)30-10-13-32-14-11-30/h1-7,9,15,17,26H,8,10-14,16H2,(H,28,29). The van der Waals surface area contributed by atoms with Gasteiger partial charge in [-0.3, -0.25) is 0 Å². The molecule has 2 aromatic heterocycles. The second-order valence-electron chi connectivity index (χ2n) is 8.25. The number of benzene rings is 2. The van der Waals surface area contributed by atoms with Gasteiger partial charge in [0.1, 0.15) is 12.4 Å². The summed E-state index contributed by atoms with van der Waals surface area (Å²) in [5.41, 5.74) is 6.03. The summed E-state index contributed by atoms with van der Waals surface area (Å²) in [5, 5.41) is 6.87. The zero-order valence-electron chi connectivity index (χ0n) is 18.3. The zero-order chi connectivity index (χ0) is 22.0. The molecule has 0 spiro atoms. The van der Waals surface area contributed by atoms with E-state index in [0.717, 1.165) is 79.1 Å². The highest BCUT2D eigenvalue weighted by Gasteiger charge is 2.14. The Morgan fingerprint density at radius 3 is 2.76 bits per heavy atom. The van der Waals surface area contributed by atoms with Crippen LogP contribution in [0.5, 0.6) is 5.75 Å². The Balaban J connectivity index is 1.31. The average molecular weight is 443 g/mol. The predicted molar refractivity (Wildman–Crippen MR) is 128 cm³/mol. The molecule has 0 atom stereocenters. The molecule has 0 aliphatic carbocycles. The van der Waals surface area contributed by atoms with Crippen molar-refractivity contribution in [1.82, 2.24) is 19.7 Å². The van der Waals surface area contributed by atoms with Crippen molar-refractivity contribution in [2.24, 2.45) is 0 Å². The highest BCUT2D eigenvalue weighted by atomic mass is 16.5. The summed E-state index contributed by atoms with van der Waals surface area (Å²) in [6, 6.07) is 14.7. The van der Waals surface area contributed by atoms with Gasteiger partial charge in [0.15, 0.2) is 11.5 Å². The number of nitrogens with one attached hydrogen (secondary N) is 2. The summed E-state index contributed by atoms with van der Waals surface area (Å²) in [7, 11) is 0. The molecule has 4 aromatic rings. The van der Waals surface area contributed by atoms with Gasteiger partial charge in [0, 0.05) is 67.3 Å². The van der Waals surface area contributed by atoms with Crippen molar-refractivity contribution in [3.63, 3.8) is 0 Å². The van der Waals surface area contributed by atoms with Crippen LogP contribution in [0.2, 0.25) is 0 Å². The molecule has 168 valence electrons. The summed E-state index contributed by atoms with van der Waals surface area (Å²) in [6.07, 6.45) is 5.76. The molecule has 33 heavy (non-hydrogen) atoms. The predicted octanol–water partition coefficient (Wildman–Crippen LogP) is 3.46. The van der Waals surface area contributed by atoms with Crippen molar-refractivity contribution >= 4 is 22.8 Å². The first-order chi connectivity index (χ1) is 16.3. The minimum absolute atomic E-state index is 0.685. The molecule has 0 saturated carbocycles. The molecule has 2 N–H and O–H groups in total. The van der Waals surface area contributed by atoms with Gasteiger partial charge in [-0.2, -0.15) is 0 Å². The number of imidazole rings is 1. The summed E-state index contributed by atoms with van der Waals surface area (Å²) in [6.45, 7) is 5.72. The normalized spacial score (nSPS) is 16.2. The summed E-state index contributed by atoms with van der Waals surface area (Å²) in [5.74, 6) is 1.66. The van der Waals surface area contributed by atoms with Gasteiger partial charge in [-0.25, -0.2) is 9.97 Å². The number of ether oxygens (including phenoxy) is 2. The van der Waals surface area contributed by atoms with Gasteiger partial charge in [-0.15, -0.1) is 0 Å². The first kappa shape index (κ1) is 20.0. The van der Waals surface area contributed by atoms with Crippen molar-refractivity contribution in [2.45, 2.75) is 6.54 Å². The van der Waals surface area contributed by atoms with Crippen molar-refractivity contribution in [3.05, 3.63) is 66.6 Å². The van der Waals surface area contributed by atoms with Gasteiger partial charge < -0.3 is 29.4 Å². The molecule has 8 nitrogen and oxygen atoms in total. The first-order valence-electron chi connectivity index (χ1n) is 11.3. The Kier molecular flexibility index (Phi) is 5.29. The van der Waals surface area contributed by atoms with Gasteiger partial charge in [-0.05, 0) is 42.5 Å². The molecule has 0 unspecified atom stereocenters. The molecular formula is C25H26N6O2. The minimum Gasteiger partial charge on any atom is -0.492 e. The van der Waals surface area contributed by atoms with Gasteiger partial charge >= 0.3 is 0 Å². The SMILES string of the molecule is c1cn2cc(-c3ccc4c(c3)CNCCO4)nc(Nc3ccc(N4CCOCC4)cc3)c2n1. The van der Waals surface area contributed by atoms with E-state index in [2.05, 4.69) is 56.9 Å². The third-order valence-corrected chi connectivity index (χ3v) is 6.09. The highest BCUT2D eigenvalue weighted by molar-refractivity contribution is 5.74. The van der Waals surface area contributed by atoms with Crippen LogP contribution in [0.1, 0.15) is 5.56 Å². The molecule has 0 amide bonds. The zero-order valence-corrected chi connectivity index (χ0v) is 18.3. The second kappa shape index (κ2) is 8.73. The maximum atomic E-state index is 5.83. The fourth-order valence-corrected chi connectivity index (χ4v) is 4.34. The molecule has 1 saturated heterocycles. The number of aromatic nitrogens is 3. The maximum Gasteiger partial charge on any atom is 0.180 e. The fraction of sp³-hybridized carbons (Fsp3) is 0.280. The number of rotatable bonds is 4. The number of fused-ring (bicyclic) bond motifs is 2. The summed E-state index contributed by atoms with van der Waals surface area (Å²) >= 11 is 0. The van der Waals surface area contributed by atoms with Crippen LogP contribution in [-0.4, -0.2) is 53.8 Å². The Morgan fingerprint density at radius 2 is 1.88 bits per heavy atom. The van der Waals surface area contributed by atoms with Gasteiger partial charge in [0.05, 0.1) is 18.9 Å². The number of hydrogen-bond acceptors (Lipinski definition) is 7. The first-order valence-corrected chi connectivity index (χ1v) is 11.3. The van der Waals surface area contributed by atoms with Crippen molar-refractivity contribution in [3.8, 4) is 17.0 Å². The van der Waals surface area contributed by atoms with Crippen LogP contribution < -0.4 is 20.3 Å². The molecular weight excluding hydrogens is 416 g/mol. The molecule has 1 fully saturated rings. The maximum absolute atomic E-state index is 5.83. The van der Waals surface area contributed by atoms with Crippen molar-refractivity contribution in [2.75, 3.05) is 49.7 Å². The molecule has 2 aliphatic rings. The lowest BCUT2D eigenvalue weighted by atomic mass is 10.1. The van der Waals surface area contributed by atoms with E-state index >= 15 is 0 Å². The Labute approximate surface area is 192 Å². The van der Waals surface area contributed by atoms with E-state index in [9.17, 15) is 0 Å². The lowest BCUT2D eigenvalue weighted by Gasteiger charge is -2.28. The quantitative estimate of drug-likeness (QED) is 0.501. The van der Waals surface area contributed by atoms with E-state index < -0.39 is 0 Å². The van der Waals surface area contributed by atoms with Gasteiger partial charge in [-0.1, -0.05) is 0 Å². The lowest BCUT2D eigenvalue weighted by Crippen LogP contribution is -2.36. The van der Waals surface area contributed by atoms with Crippen molar-refractivity contribution in [1.29, 1.82) is 0 Å². The number of hydrogen-bond donors (Lipinski definition) is 2. The second-order valence-corrected chi connectivity index (χ2v) is 8.25. The third kappa shape index (κ3) is 4.10. The van der Waals surface area contributed by atoms with Gasteiger partial charge in [0.25, 0.3) is 0 Å². The van der Waals surface area contributed by atoms with Crippen LogP contribution in [0.15, 0.2) is 61.1 Å². The van der Waals surface area contributed by atoms with Crippen LogP contribution in [0.4, 0.5) is 17.2 Å². The topological polar surface area (TPSA) is 76.0 Å². The summed E-state index contributed by atoms with van der Waals surface area (Å²) < 4.78 is 13.3. The van der Waals surface area contributed by atoms with E-state index in [-0.39, 0.29) is 0 Å². The van der Waals surface area contributed by atoms with Crippen LogP contribution in [0.3, 0.4) is 0 Å². The van der Waals surface area contributed by atoms with E-state index in [1.165, 1.54) is 5.69 Å². The largest absolute Gasteiger partial charge is 0.492 e. The molecule has 2 aromatic carbocycles. The van der Waals surface area contributed by atoms with Crippen LogP contribution in [-0.2, 0) is 11.3 Å². The molecule has 0 bridgehead atoms. The van der Waals surface area contributed by atoms with E-state index in [0.29, 0.717) is 6.61 Å². The number of morpholine rings is 1. The highest BCUT2D eigenvalue weighted by Crippen LogP contribution is 2.29. The Bertz CT molecular complexity index is 1260. The van der Waals surface area contributed by atoms with Crippen LogP contribution in [0, 0.1) is 0 Å². The molecule has 6 rings (SSSR count). The van der Waals surface area contributed by atoms with Crippen LogP contribution >= 0.6 is 0 Å². The molecule has 8 heteroatoms. The number of nitrogens with zero attached hydrogens (tertiary/aromatic N) is 4. The minimum atomic E-state index is 0.685. The molecule has 2 aliphatic heterocycles. The Hall–Kier alpha value is -3.62. The molecule has 4 heterocycles. The van der Waals surface area contributed by atoms with E-state index in [1.807, 2.05) is 22.9 Å². The number of anilines is 3. The lowest BCUT2D eigenvalue weighted by molar-refractivity contribution is 0.122. The monoisotopic (exact) mass is 442 g/mol. The van der Waals surface area contributed by atoms with E-state index in [4.69, 9.17) is 14.5 Å². The third-order valence-electron chi connectivity index (χ3n) is 6.09. The Morgan fingerprint density at radius 1 is 1.00 bits per heavy atom. The summed E-state index contributed by atoms with van der Waals surface area (Å²) in [4.78, 5) is 11.8. The molecule has 0 radical (unpaired) electrons. The van der Waals surface area contributed by atoms with Gasteiger partial charge in [0.2, 0.25) is 0 Å². The average Bonchev–Trinajstić information content (AvgIpc) is 3.22. The smallest absolute Gasteiger partial charge is 0.180 e.